The summed E-state index contributed by atoms with van der Waals surface area (Å²) >= 11 is 0. The zero-order chi connectivity index (χ0) is 19.5. The van der Waals surface area contributed by atoms with E-state index in [2.05, 4.69) is 10.6 Å². The summed E-state index contributed by atoms with van der Waals surface area (Å²) in [7, 11) is 0. The molecule has 2 rings (SSSR count). The smallest absolute Gasteiger partial charge is 0.252 e. The van der Waals surface area contributed by atoms with Gasteiger partial charge < -0.3 is 26.2 Å². The topological polar surface area (TPSA) is 114 Å². The molecule has 144 valence electrons. The number of nitrogens with one attached hydrogen (secondary N) is 2. The number of rotatable bonds is 11. The van der Waals surface area contributed by atoms with Crippen molar-refractivity contribution in [1.29, 1.82) is 0 Å². The van der Waals surface area contributed by atoms with E-state index in [0.717, 1.165) is 5.56 Å². The molecule has 2 aromatic rings. The highest BCUT2D eigenvalue weighted by Crippen LogP contribution is 2.17. The summed E-state index contributed by atoms with van der Waals surface area (Å²) < 4.78 is 5.46. The fourth-order valence-electron chi connectivity index (χ4n) is 2.44. The van der Waals surface area contributed by atoms with Crippen LogP contribution in [0.5, 0.6) is 5.75 Å². The average Bonchev–Trinajstić information content (AvgIpc) is 2.67. The highest BCUT2D eigenvalue weighted by atomic mass is 16.5. The van der Waals surface area contributed by atoms with E-state index >= 15 is 0 Å². The van der Waals surface area contributed by atoms with E-state index in [4.69, 9.17) is 10.5 Å². The van der Waals surface area contributed by atoms with E-state index < -0.39 is 12.0 Å². The maximum Gasteiger partial charge on any atom is 0.252 e. The number of amides is 2. The van der Waals surface area contributed by atoms with E-state index in [-0.39, 0.29) is 18.1 Å². The van der Waals surface area contributed by atoms with E-state index in [1.165, 1.54) is 0 Å². The van der Waals surface area contributed by atoms with Gasteiger partial charge in [-0.1, -0.05) is 42.5 Å². The van der Waals surface area contributed by atoms with Crippen LogP contribution in [0.15, 0.2) is 54.6 Å². The molecule has 1 unspecified atom stereocenters. The maximum atomic E-state index is 11.8. The molecule has 2 amide bonds. The number of para-hydroxylation sites is 1. The Balaban J connectivity index is 1.59. The zero-order valence-electron chi connectivity index (χ0n) is 15.1. The number of ether oxygens (including phenoxy) is 1. The molecule has 0 radical (unpaired) electrons. The predicted octanol–water partition coefficient (Wildman–Crippen LogP) is 0.474. The van der Waals surface area contributed by atoms with Gasteiger partial charge in [-0.3, -0.25) is 9.59 Å². The highest BCUT2D eigenvalue weighted by molar-refractivity contribution is 5.95. The van der Waals surface area contributed by atoms with Crippen LogP contribution in [0.2, 0.25) is 0 Å². The number of aliphatic hydroxyl groups is 1. The summed E-state index contributed by atoms with van der Waals surface area (Å²) in [6.45, 7) is 1.31. The van der Waals surface area contributed by atoms with Gasteiger partial charge in [0.2, 0.25) is 5.91 Å². The van der Waals surface area contributed by atoms with Crippen molar-refractivity contribution in [2.24, 2.45) is 5.73 Å². The second-order valence-corrected chi connectivity index (χ2v) is 6.04. The van der Waals surface area contributed by atoms with Crippen molar-refractivity contribution in [2.45, 2.75) is 12.5 Å². The van der Waals surface area contributed by atoms with Gasteiger partial charge in [0, 0.05) is 19.6 Å². The Labute approximate surface area is 158 Å². The van der Waals surface area contributed by atoms with Crippen molar-refractivity contribution in [2.75, 3.05) is 26.2 Å². The minimum atomic E-state index is -0.758. The minimum absolute atomic E-state index is 0.0255. The first-order valence-corrected chi connectivity index (χ1v) is 8.77. The summed E-state index contributed by atoms with van der Waals surface area (Å²) in [5, 5.41) is 15.8. The molecule has 5 N–H and O–H groups in total. The fourth-order valence-corrected chi connectivity index (χ4v) is 2.44. The molecule has 0 aromatic heterocycles. The van der Waals surface area contributed by atoms with E-state index in [0.29, 0.717) is 31.8 Å². The molecule has 0 aliphatic carbocycles. The number of carbonyl (C=O) groups excluding carboxylic acids is 2. The molecule has 0 aliphatic heterocycles. The Morgan fingerprint density at radius 1 is 1.04 bits per heavy atom. The molecular formula is C20H25N3O4. The van der Waals surface area contributed by atoms with Gasteiger partial charge in [0.05, 0.1) is 12.0 Å². The van der Waals surface area contributed by atoms with Crippen LogP contribution in [-0.2, 0) is 11.2 Å². The number of nitrogens with two attached hydrogens (primary N) is 1. The summed E-state index contributed by atoms with van der Waals surface area (Å²) in [6.07, 6.45) is -0.415. The molecule has 7 nitrogen and oxygen atoms in total. The Morgan fingerprint density at radius 3 is 2.48 bits per heavy atom. The number of benzene rings is 2. The maximum absolute atomic E-state index is 11.8. The number of primary amides is 1. The van der Waals surface area contributed by atoms with E-state index in [9.17, 15) is 14.7 Å². The van der Waals surface area contributed by atoms with Crippen LogP contribution in [0.4, 0.5) is 0 Å². The predicted molar refractivity (Wildman–Crippen MR) is 102 cm³/mol. The van der Waals surface area contributed by atoms with Crippen LogP contribution >= 0.6 is 0 Å². The van der Waals surface area contributed by atoms with E-state index in [1.54, 1.807) is 24.3 Å². The molecule has 0 bridgehead atoms. The second kappa shape index (κ2) is 10.9. The lowest BCUT2D eigenvalue weighted by atomic mass is 10.1. The summed E-state index contributed by atoms with van der Waals surface area (Å²) in [6, 6.07) is 16.1. The Hall–Kier alpha value is -2.90. The van der Waals surface area contributed by atoms with Gasteiger partial charge >= 0.3 is 0 Å². The molecule has 0 aliphatic rings. The van der Waals surface area contributed by atoms with Crippen molar-refractivity contribution in [1.82, 2.24) is 10.6 Å². The van der Waals surface area contributed by atoms with Crippen LogP contribution in [-0.4, -0.2) is 49.3 Å². The molecule has 7 heteroatoms. The van der Waals surface area contributed by atoms with Crippen molar-refractivity contribution in [3.8, 4) is 5.75 Å². The molecule has 0 fully saturated rings. The molecular weight excluding hydrogens is 346 g/mol. The lowest BCUT2D eigenvalue weighted by molar-refractivity contribution is -0.120. The van der Waals surface area contributed by atoms with Crippen LogP contribution in [0.1, 0.15) is 15.9 Å². The van der Waals surface area contributed by atoms with Crippen LogP contribution in [0.25, 0.3) is 0 Å². The monoisotopic (exact) mass is 371 g/mol. The summed E-state index contributed by atoms with van der Waals surface area (Å²) in [5.74, 6) is -0.281. The average molecular weight is 371 g/mol. The summed E-state index contributed by atoms with van der Waals surface area (Å²) in [4.78, 5) is 23.1. The van der Waals surface area contributed by atoms with Gasteiger partial charge in [-0.2, -0.15) is 0 Å². The number of hydrogen-bond donors (Lipinski definition) is 4. The van der Waals surface area contributed by atoms with Crippen molar-refractivity contribution < 1.29 is 19.4 Å². The molecule has 0 heterocycles. The van der Waals surface area contributed by atoms with Gasteiger partial charge in [0.15, 0.2) is 0 Å². The fraction of sp³-hybridized carbons (Fsp3) is 0.300. The molecule has 0 saturated heterocycles. The lowest BCUT2D eigenvalue weighted by Gasteiger charge is -2.15. The quantitative estimate of drug-likeness (QED) is 0.429. The SMILES string of the molecule is NC(=O)c1ccccc1OCC(O)CNCCNC(=O)Cc1ccccc1. The van der Waals surface area contributed by atoms with Crippen molar-refractivity contribution in [3.05, 3.63) is 65.7 Å². The second-order valence-electron chi connectivity index (χ2n) is 6.04. The first kappa shape index (κ1) is 20.4. The third kappa shape index (κ3) is 7.47. The van der Waals surface area contributed by atoms with Gasteiger partial charge in [-0.15, -0.1) is 0 Å². The molecule has 1 atom stereocenters. The van der Waals surface area contributed by atoms with Gasteiger partial charge in [-0.05, 0) is 17.7 Å². The van der Waals surface area contributed by atoms with Crippen molar-refractivity contribution in [3.63, 3.8) is 0 Å². The Morgan fingerprint density at radius 2 is 1.74 bits per heavy atom. The largest absolute Gasteiger partial charge is 0.490 e. The first-order chi connectivity index (χ1) is 13.1. The van der Waals surface area contributed by atoms with Crippen molar-refractivity contribution >= 4 is 11.8 Å². The molecule has 0 spiro atoms. The zero-order valence-corrected chi connectivity index (χ0v) is 15.1. The Bertz CT molecular complexity index is 737. The summed E-state index contributed by atoms with van der Waals surface area (Å²) in [5.41, 5.74) is 6.52. The number of hydrogen-bond acceptors (Lipinski definition) is 5. The molecule has 27 heavy (non-hydrogen) atoms. The number of carbonyl (C=O) groups is 2. The normalized spacial score (nSPS) is 11.6. The van der Waals surface area contributed by atoms with E-state index in [1.807, 2.05) is 30.3 Å². The number of aliphatic hydroxyl groups excluding tert-OH is 1. The molecule has 0 saturated carbocycles. The Kier molecular flexibility index (Phi) is 8.28. The van der Waals surface area contributed by atoms with Gasteiger partial charge in [-0.25, -0.2) is 0 Å². The lowest BCUT2D eigenvalue weighted by Crippen LogP contribution is -2.37. The van der Waals surface area contributed by atoms with Crippen LogP contribution in [0.3, 0.4) is 0 Å². The third-order valence-electron chi connectivity index (χ3n) is 3.80. The minimum Gasteiger partial charge on any atom is -0.490 e. The van der Waals surface area contributed by atoms with Gasteiger partial charge in [0.25, 0.3) is 5.91 Å². The van der Waals surface area contributed by atoms with Crippen LogP contribution < -0.4 is 21.1 Å². The highest BCUT2D eigenvalue weighted by Gasteiger charge is 2.11. The standard InChI is InChI=1S/C20H25N3O4/c21-20(26)17-8-4-5-9-18(17)27-14-16(24)13-22-10-11-23-19(25)12-15-6-2-1-3-7-15/h1-9,16,22,24H,10-14H2,(H2,21,26)(H,23,25). The van der Waals surface area contributed by atoms with Gasteiger partial charge in [0.1, 0.15) is 18.5 Å². The first-order valence-electron chi connectivity index (χ1n) is 8.77. The third-order valence-corrected chi connectivity index (χ3v) is 3.80. The molecule has 2 aromatic carbocycles. The van der Waals surface area contributed by atoms with Crippen LogP contribution in [0, 0.1) is 0 Å².